The normalized spacial score (nSPS) is 12.8. The summed E-state index contributed by atoms with van der Waals surface area (Å²) in [7, 11) is 1.81. The fraction of sp³-hybridized carbons (Fsp3) is 0.182. The van der Waals surface area contributed by atoms with Crippen LogP contribution in [0.15, 0.2) is 60.8 Å². The number of hydrogen-bond acceptors (Lipinski definition) is 4. The van der Waals surface area contributed by atoms with Crippen molar-refractivity contribution in [2.75, 3.05) is 18.9 Å². The van der Waals surface area contributed by atoms with Gasteiger partial charge in [-0.1, -0.05) is 60.7 Å². The van der Waals surface area contributed by atoms with Gasteiger partial charge in [-0.15, -0.1) is 0 Å². The Morgan fingerprint density at radius 3 is 2.43 bits per heavy atom. The summed E-state index contributed by atoms with van der Waals surface area (Å²) in [5.74, 6) is 0.517. The number of aryl methyl sites for hydroxylation is 1. The number of rotatable bonds is 5. The Hall–Kier alpha value is -3.54. The first-order valence-electron chi connectivity index (χ1n) is 9.18. The number of amides is 1. The van der Waals surface area contributed by atoms with Crippen LogP contribution in [0.25, 0.3) is 17.2 Å². The number of alkyl carbamates (subject to hydrolysis) is 1. The highest BCUT2D eigenvalue weighted by molar-refractivity contribution is 5.79. The number of fused-ring (bicyclic) bond motifs is 3. The van der Waals surface area contributed by atoms with Crippen LogP contribution in [0.2, 0.25) is 0 Å². The summed E-state index contributed by atoms with van der Waals surface area (Å²) in [6, 6.07) is 16.5. The molecule has 0 aliphatic heterocycles. The molecule has 0 saturated heterocycles. The van der Waals surface area contributed by atoms with Crippen molar-refractivity contribution in [1.29, 1.82) is 0 Å². The second-order valence-electron chi connectivity index (χ2n) is 6.75. The van der Waals surface area contributed by atoms with Crippen LogP contribution in [0.1, 0.15) is 22.6 Å². The third-order valence-corrected chi connectivity index (χ3v) is 4.89. The number of nitrogens with two attached hydrogens (primary N) is 1. The Balaban J connectivity index is 1.34. The molecule has 0 fully saturated rings. The lowest BCUT2D eigenvalue weighted by molar-refractivity contribution is 0.144. The molecule has 0 radical (unpaired) electrons. The molecule has 1 aromatic heterocycles. The van der Waals surface area contributed by atoms with Crippen molar-refractivity contribution in [3.05, 3.63) is 77.5 Å². The molecule has 0 spiro atoms. The second-order valence-corrected chi connectivity index (χ2v) is 6.75. The number of nitrogen functional groups attached to an aromatic ring is 1. The Bertz CT molecular complexity index is 993. The molecule has 6 nitrogen and oxygen atoms in total. The fourth-order valence-electron chi connectivity index (χ4n) is 3.63. The van der Waals surface area contributed by atoms with Crippen molar-refractivity contribution in [2.45, 2.75) is 5.92 Å². The van der Waals surface area contributed by atoms with E-state index in [1.807, 2.05) is 49.7 Å². The van der Waals surface area contributed by atoms with Crippen molar-refractivity contribution in [3.8, 4) is 11.1 Å². The van der Waals surface area contributed by atoms with Gasteiger partial charge in [0.1, 0.15) is 6.61 Å². The molecule has 0 atom stereocenters. The minimum absolute atomic E-state index is 0.0592. The molecule has 3 aromatic rings. The zero-order valence-electron chi connectivity index (χ0n) is 15.6. The number of aromatic nitrogens is 2. The summed E-state index contributed by atoms with van der Waals surface area (Å²) < 4.78 is 7.14. The smallest absolute Gasteiger partial charge is 0.407 e. The number of carbonyl (C=O) groups excluding carboxylic acids is 1. The highest BCUT2D eigenvalue weighted by atomic mass is 16.5. The van der Waals surface area contributed by atoms with E-state index >= 15 is 0 Å². The summed E-state index contributed by atoms with van der Waals surface area (Å²) in [4.78, 5) is 12.1. The topological polar surface area (TPSA) is 82.2 Å². The van der Waals surface area contributed by atoms with Crippen LogP contribution in [-0.2, 0) is 11.8 Å². The third-order valence-electron chi connectivity index (χ3n) is 4.89. The van der Waals surface area contributed by atoms with Gasteiger partial charge in [0.05, 0.1) is 0 Å². The molecule has 3 N–H and O–H groups in total. The van der Waals surface area contributed by atoms with E-state index in [0.29, 0.717) is 19.0 Å². The molecule has 0 unspecified atom stereocenters. The summed E-state index contributed by atoms with van der Waals surface area (Å²) in [5, 5.41) is 6.80. The molecule has 4 rings (SSSR count). The standard InChI is InChI=1S/C22H22N4O2/c1-26-13-15(21(23)25-26)7-6-12-24-22(27)28-14-20-18-10-4-2-8-16(18)17-9-3-5-11-19(17)20/h2-11,13,20H,12,14H2,1H3,(H2,23,25)(H,24,27). The highest BCUT2D eigenvalue weighted by Crippen LogP contribution is 2.44. The number of anilines is 1. The number of nitrogens with one attached hydrogen (secondary N) is 1. The zero-order chi connectivity index (χ0) is 19.5. The van der Waals surface area contributed by atoms with E-state index in [0.717, 1.165) is 5.56 Å². The van der Waals surface area contributed by atoms with E-state index in [-0.39, 0.29) is 5.92 Å². The molecule has 2 aromatic carbocycles. The Kier molecular flexibility index (Phi) is 4.85. The van der Waals surface area contributed by atoms with Gasteiger partial charge in [-0.05, 0) is 22.3 Å². The Morgan fingerprint density at radius 1 is 1.18 bits per heavy atom. The lowest BCUT2D eigenvalue weighted by Crippen LogP contribution is -2.26. The highest BCUT2D eigenvalue weighted by Gasteiger charge is 2.28. The predicted octanol–water partition coefficient (Wildman–Crippen LogP) is 3.55. The second kappa shape index (κ2) is 7.60. The molecule has 6 heteroatoms. The van der Waals surface area contributed by atoms with Gasteiger partial charge in [0, 0.05) is 31.3 Å². The predicted molar refractivity (Wildman–Crippen MR) is 110 cm³/mol. The Labute approximate surface area is 163 Å². The van der Waals surface area contributed by atoms with Gasteiger partial charge in [0.2, 0.25) is 0 Å². The van der Waals surface area contributed by atoms with Crippen LogP contribution < -0.4 is 11.1 Å². The van der Waals surface area contributed by atoms with Crippen LogP contribution in [0, 0.1) is 0 Å². The minimum atomic E-state index is -0.439. The summed E-state index contributed by atoms with van der Waals surface area (Å²) in [6.07, 6.45) is 5.02. The molecular formula is C22H22N4O2. The average molecular weight is 374 g/mol. The molecular weight excluding hydrogens is 352 g/mol. The summed E-state index contributed by atoms with van der Waals surface area (Å²) in [5.41, 5.74) is 11.4. The number of hydrogen-bond donors (Lipinski definition) is 2. The summed E-state index contributed by atoms with van der Waals surface area (Å²) >= 11 is 0. The number of benzene rings is 2. The molecule has 1 aliphatic carbocycles. The first-order chi connectivity index (χ1) is 13.6. The lowest BCUT2D eigenvalue weighted by Gasteiger charge is -2.14. The van der Waals surface area contributed by atoms with E-state index < -0.39 is 6.09 Å². The number of nitrogens with zero attached hydrogens (tertiary/aromatic N) is 2. The van der Waals surface area contributed by atoms with Crippen molar-refractivity contribution in [2.24, 2.45) is 7.05 Å². The first-order valence-corrected chi connectivity index (χ1v) is 9.18. The quantitative estimate of drug-likeness (QED) is 0.715. The van der Waals surface area contributed by atoms with E-state index in [1.165, 1.54) is 22.3 Å². The van der Waals surface area contributed by atoms with E-state index in [2.05, 4.69) is 34.7 Å². The van der Waals surface area contributed by atoms with Crippen LogP contribution in [-0.4, -0.2) is 29.0 Å². The van der Waals surface area contributed by atoms with Gasteiger partial charge in [0.25, 0.3) is 0 Å². The van der Waals surface area contributed by atoms with Gasteiger partial charge in [0.15, 0.2) is 5.82 Å². The van der Waals surface area contributed by atoms with E-state index in [1.54, 1.807) is 4.68 Å². The molecule has 0 saturated carbocycles. The lowest BCUT2D eigenvalue weighted by atomic mass is 9.98. The third kappa shape index (κ3) is 3.49. The van der Waals surface area contributed by atoms with Gasteiger partial charge in [-0.25, -0.2) is 4.79 Å². The van der Waals surface area contributed by atoms with Crippen molar-refractivity contribution in [1.82, 2.24) is 15.1 Å². The molecule has 1 amide bonds. The number of carbonyl (C=O) groups is 1. The molecule has 28 heavy (non-hydrogen) atoms. The largest absolute Gasteiger partial charge is 0.449 e. The number of ether oxygens (including phenoxy) is 1. The van der Waals surface area contributed by atoms with E-state index in [4.69, 9.17) is 10.5 Å². The van der Waals surface area contributed by atoms with Gasteiger partial charge >= 0.3 is 6.09 Å². The summed E-state index contributed by atoms with van der Waals surface area (Å²) in [6.45, 7) is 0.657. The zero-order valence-corrected chi connectivity index (χ0v) is 15.6. The minimum Gasteiger partial charge on any atom is -0.449 e. The van der Waals surface area contributed by atoms with Gasteiger partial charge in [-0.3, -0.25) is 4.68 Å². The molecule has 1 aliphatic rings. The van der Waals surface area contributed by atoms with Crippen LogP contribution >= 0.6 is 0 Å². The fourth-order valence-corrected chi connectivity index (χ4v) is 3.63. The monoisotopic (exact) mass is 374 g/mol. The molecule has 0 bridgehead atoms. The van der Waals surface area contributed by atoms with Crippen LogP contribution in [0.5, 0.6) is 0 Å². The van der Waals surface area contributed by atoms with Crippen molar-refractivity contribution in [3.63, 3.8) is 0 Å². The Morgan fingerprint density at radius 2 is 1.82 bits per heavy atom. The average Bonchev–Trinajstić information content (AvgIpc) is 3.20. The maximum atomic E-state index is 12.1. The SMILES string of the molecule is Cn1cc(C=CCNC(=O)OCC2c3ccccc3-c3ccccc32)c(N)n1. The van der Waals surface area contributed by atoms with Crippen LogP contribution in [0.3, 0.4) is 0 Å². The van der Waals surface area contributed by atoms with Gasteiger partial charge < -0.3 is 15.8 Å². The van der Waals surface area contributed by atoms with Crippen LogP contribution in [0.4, 0.5) is 10.6 Å². The maximum Gasteiger partial charge on any atom is 0.407 e. The van der Waals surface area contributed by atoms with Gasteiger partial charge in [-0.2, -0.15) is 5.10 Å². The van der Waals surface area contributed by atoms with Crippen molar-refractivity contribution < 1.29 is 9.53 Å². The van der Waals surface area contributed by atoms with E-state index in [9.17, 15) is 4.79 Å². The first kappa shape index (κ1) is 17.9. The van der Waals surface area contributed by atoms with Crippen molar-refractivity contribution >= 4 is 18.0 Å². The molecule has 1 heterocycles. The maximum absolute atomic E-state index is 12.1. The molecule has 142 valence electrons.